The second-order valence-corrected chi connectivity index (χ2v) is 8.43. The SMILES string of the molecule is O=C(NCCC1CCNCC1)c1cc(OCc2nc3cnccc3c(=O)[nH]2)ccc1Br. The number of hydrogen-bond donors (Lipinski definition) is 3. The number of nitrogens with zero attached hydrogens (tertiary/aromatic N) is 2. The van der Waals surface area contributed by atoms with Gasteiger partial charge in [-0.3, -0.25) is 14.6 Å². The molecule has 31 heavy (non-hydrogen) atoms. The van der Waals surface area contributed by atoms with Crippen LogP contribution in [-0.2, 0) is 6.61 Å². The lowest BCUT2D eigenvalue weighted by atomic mass is 9.95. The Hall–Kier alpha value is -2.78. The Balaban J connectivity index is 1.38. The highest BCUT2D eigenvalue weighted by molar-refractivity contribution is 9.10. The van der Waals surface area contributed by atoms with Gasteiger partial charge in [-0.1, -0.05) is 0 Å². The molecule has 1 aliphatic heterocycles. The minimum absolute atomic E-state index is 0.0679. The molecule has 0 radical (unpaired) electrons. The summed E-state index contributed by atoms with van der Waals surface area (Å²) in [5.41, 5.74) is 0.775. The van der Waals surface area contributed by atoms with E-state index in [1.54, 1.807) is 36.7 Å². The van der Waals surface area contributed by atoms with Crippen LogP contribution in [0, 0.1) is 5.92 Å². The zero-order chi connectivity index (χ0) is 21.6. The first-order chi connectivity index (χ1) is 15.1. The van der Waals surface area contributed by atoms with Crippen LogP contribution in [-0.4, -0.2) is 40.5 Å². The van der Waals surface area contributed by atoms with E-state index >= 15 is 0 Å². The molecule has 0 unspecified atom stereocenters. The van der Waals surface area contributed by atoms with Gasteiger partial charge in [-0.05, 0) is 78.5 Å². The fourth-order valence-electron chi connectivity index (χ4n) is 3.68. The van der Waals surface area contributed by atoms with Gasteiger partial charge in [0.15, 0.2) is 0 Å². The van der Waals surface area contributed by atoms with Crippen molar-refractivity contribution in [3.8, 4) is 5.75 Å². The number of nitrogens with one attached hydrogen (secondary N) is 3. The zero-order valence-corrected chi connectivity index (χ0v) is 18.6. The summed E-state index contributed by atoms with van der Waals surface area (Å²) in [6.07, 6.45) is 6.39. The van der Waals surface area contributed by atoms with Crippen LogP contribution in [0.4, 0.5) is 0 Å². The number of piperidine rings is 1. The average molecular weight is 486 g/mol. The van der Waals surface area contributed by atoms with Gasteiger partial charge < -0.3 is 20.4 Å². The van der Waals surface area contributed by atoms with Crippen molar-refractivity contribution in [2.24, 2.45) is 5.92 Å². The number of carbonyl (C=O) groups excluding carboxylic acids is 1. The lowest BCUT2D eigenvalue weighted by Crippen LogP contribution is -2.31. The molecule has 3 heterocycles. The van der Waals surface area contributed by atoms with E-state index in [0.717, 1.165) is 32.4 Å². The van der Waals surface area contributed by atoms with Gasteiger partial charge in [0.05, 0.1) is 22.7 Å². The number of aromatic amines is 1. The molecule has 2 aromatic heterocycles. The number of aromatic nitrogens is 3. The number of fused-ring (bicyclic) bond motifs is 1. The lowest BCUT2D eigenvalue weighted by molar-refractivity contribution is 0.0949. The normalized spacial score (nSPS) is 14.5. The predicted octanol–water partition coefficient (Wildman–Crippen LogP) is 2.78. The fourth-order valence-corrected chi connectivity index (χ4v) is 4.11. The van der Waals surface area contributed by atoms with E-state index in [1.165, 1.54) is 0 Å². The molecule has 9 heteroatoms. The molecule has 8 nitrogen and oxygen atoms in total. The summed E-state index contributed by atoms with van der Waals surface area (Å²) >= 11 is 3.44. The van der Waals surface area contributed by atoms with Gasteiger partial charge in [-0.2, -0.15) is 0 Å². The number of carbonyl (C=O) groups is 1. The molecule has 4 rings (SSSR count). The molecule has 1 aliphatic rings. The van der Waals surface area contributed by atoms with Crippen LogP contribution >= 0.6 is 15.9 Å². The minimum Gasteiger partial charge on any atom is -0.486 e. The molecule has 0 bridgehead atoms. The largest absolute Gasteiger partial charge is 0.486 e. The summed E-state index contributed by atoms with van der Waals surface area (Å²) in [7, 11) is 0. The van der Waals surface area contributed by atoms with Crippen molar-refractivity contribution < 1.29 is 9.53 Å². The maximum absolute atomic E-state index is 12.6. The number of halogens is 1. The lowest BCUT2D eigenvalue weighted by Gasteiger charge is -2.22. The number of ether oxygens (including phenoxy) is 1. The van der Waals surface area contributed by atoms with E-state index in [4.69, 9.17) is 4.74 Å². The molecular weight excluding hydrogens is 462 g/mol. The first-order valence-corrected chi connectivity index (χ1v) is 11.1. The summed E-state index contributed by atoms with van der Waals surface area (Å²) in [6, 6.07) is 6.84. The van der Waals surface area contributed by atoms with Crippen molar-refractivity contribution in [2.45, 2.75) is 25.9 Å². The van der Waals surface area contributed by atoms with Gasteiger partial charge >= 0.3 is 0 Å². The Morgan fingerprint density at radius 2 is 2.10 bits per heavy atom. The molecule has 1 amide bonds. The van der Waals surface area contributed by atoms with Crippen molar-refractivity contribution in [3.05, 3.63) is 62.9 Å². The van der Waals surface area contributed by atoms with Crippen LogP contribution in [0.25, 0.3) is 10.9 Å². The Morgan fingerprint density at radius 1 is 1.26 bits per heavy atom. The summed E-state index contributed by atoms with van der Waals surface area (Å²) in [5.74, 6) is 1.42. The third kappa shape index (κ3) is 5.48. The van der Waals surface area contributed by atoms with Crippen LogP contribution in [0.3, 0.4) is 0 Å². The van der Waals surface area contributed by atoms with Crippen LogP contribution < -0.4 is 20.9 Å². The van der Waals surface area contributed by atoms with Crippen LogP contribution in [0.1, 0.15) is 35.4 Å². The van der Waals surface area contributed by atoms with Gasteiger partial charge in [-0.15, -0.1) is 0 Å². The van der Waals surface area contributed by atoms with Crippen LogP contribution in [0.5, 0.6) is 5.75 Å². The van der Waals surface area contributed by atoms with Gasteiger partial charge in [0.25, 0.3) is 11.5 Å². The topological polar surface area (TPSA) is 109 Å². The fraction of sp³-hybridized carbons (Fsp3) is 0.364. The number of H-pyrrole nitrogens is 1. The number of pyridine rings is 1. The number of hydrogen-bond acceptors (Lipinski definition) is 6. The molecule has 0 aliphatic carbocycles. The molecule has 3 N–H and O–H groups in total. The van der Waals surface area contributed by atoms with Gasteiger partial charge in [0.1, 0.15) is 18.2 Å². The molecule has 162 valence electrons. The van der Waals surface area contributed by atoms with E-state index < -0.39 is 0 Å². The number of benzene rings is 1. The summed E-state index contributed by atoms with van der Waals surface area (Å²) in [4.78, 5) is 35.9. The monoisotopic (exact) mass is 485 g/mol. The molecule has 0 saturated carbocycles. The van der Waals surface area contributed by atoms with E-state index in [9.17, 15) is 9.59 Å². The Morgan fingerprint density at radius 3 is 2.94 bits per heavy atom. The highest BCUT2D eigenvalue weighted by Gasteiger charge is 2.15. The Kier molecular flexibility index (Phi) is 6.93. The van der Waals surface area contributed by atoms with Crippen molar-refractivity contribution in [3.63, 3.8) is 0 Å². The highest BCUT2D eigenvalue weighted by atomic mass is 79.9. The molecule has 0 atom stereocenters. The minimum atomic E-state index is -0.240. The summed E-state index contributed by atoms with van der Waals surface area (Å²) in [5, 5.41) is 6.84. The third-order valence-corrected chi connectivity index (χ3v) is 6.10. The third-order valence-electron chi connectivity index (χ3n) is 5.41. The standard InChI is InChI=1S/C22H24BrN5O3/c23-18-2-1-15(11-17(18)21(29)26-10-5-14-3-7-24-8-4-14)31-13-20-27-19-12-25-9-6-16(19)22(30)28-20/h1-2,6,9,11-12,14,24H,3-5,7-8,10,13H2,(H,26,29)(H,27,28,30). The molecule has 1 saturated heterocycles. The molecule has 1 aromatic carbocycles. The summed E-state index contributed by atoms with van der Waals surface area (Å²) in [6.45, 7) is 2.82. The quantitative estimate of drug-likeness (QED) is 0.474. The molecular formula is C22H24BrN5O3. The Labute approximate surface area is 188 Å². The zero-order valence-electron chi connectivity index (χ0n) is 17.0. The van der Waals surface area contributed by atoms with Crippen molar-refractivity contribution in [1.82, 2.24) is 25.6 Å². The van der Waals surface area contributed by atoms with Gasteiger partial charge in [0, 0.05) is 17.2 Å². The average Bonchev–Trinajstić information content (AvgIpc) is 2.79. The van der Waals surface area contributed by atoms with Gasteiger partial charge in [0.2, 0.25) is 0 Å². The second kappa shape index (κ2) is 10.0. The van der Waals surface area contributed by atoms with Gasteiger partial charge in [-0.25, -0.2) is 4.98 Å². The maximum Gasteiger partial charge on any atom is 0.258 e. The molecule has 1 fully saturated rings. The second-order valence-electron chi connectivity index (χ2n) is 7.57. The van der Waals surface area contributed by atoms with E-state index in [2.05, 4.69) is 41.5 Å². The first kappa shape index (κ1) is 21.5. The Bertz CT molecular complexity index is 1130. The van der Waals surface area contributed by atoms with Crippen molar-refractivity contribution >= 4 is 32.7 Å². The van der Waals surface area contributed by atoms with E-state index in [1.807, 2.05) is 0 Å². The maximum atomic E-state index is 12.6. The molecule has 3 aromatic rings. The van der Waals surface area contributed by atoms with Crippen LogP contribution in [0.15, 0.2) is 45.9 Å². The van der Waals surface area contributed by atoms with Crippen molar-refractivity contribution in [2.75, 3.05) is 19.6 Å². The molecule has 0 spiro atoms. The van der Waals surface area contributed by atoms with E-state index in [-0.39, 0.29) is 18.1 Å². The number of rotatable bonds is 7. The highest BCUT2D eigenvalue weighted by Crippen LogP contribution is 2.23. The van der Waals surface area contributed by atoms with E-state index in [0.29, 0.717) is 45.0 Å². The smallest absolute Gasteiger partial charge is 0.258 e. The number of amides is 1. The van der Waals surface area contributed by atoms with Crippen LogP contribution in [0.2, 0.25) is 0 Å². The van der Waals surface area contributed by atoms with Crippen molar-refractivity contribution in [1.29, 1.82) is 0 Å². The summed E-state index contributed by atoms with van der Waals surface area (Å²) < 4.78 is 6.48. The first-order valence-electron chi connectivity index (χ1n) is 10.3. The predicted molar refractivity (Wildman–Crippen MR) is 121 cm³/mol.